The van der Waals surface area contributed by atoms with Gasteiger partial charge in [0.05, 0.1) is 18.2 Å². The molecule has 0 saturated carbocycles. The highest BCUT2D eigenvalue weighted by Gasteiger charge is 2.43. The SMILES string of the molecule is CC1CNCC(C)N1c1c(F)c(F)c2c(c1F)CN(C1CCC(C(=O)C=O)NC1)C2=O. The van der Waals surface area contributed by atoms with E-state index in [9.17, 15) is 14.4 Å². The number of carbonyl (C=O) groups is 3. The minimum atomic E-state index is -1.34. The molecule has 10 heteroatoms. The number of hydrogen-bond acceptors (Lipinski definition) is 6. The van der Waals surface area contributed by atoms with Crippen molar-refractivity contribution < 1.29 is 27.6 Å². The molecule has 2 N–H and O–H groups in total. The van der Waals surface area contributed by atoms with Crippen molar-refractivity contribution in [1.29, 1.82) is 0 Å². The zero-order valence-corrected chi connectivity index (χ0v) is 17.4. The fraction of sp³-hybridized carbons (Fsp3) is 0.571. The topological polar surface area (TPSA) is 81.8 Å². The number of benzene rings is 1. The molecule has 1 aromatic rings. The van der Waals surface area contributed by atoms with Crippen LogP contribution in [-0.4, -0.2) is 66.7 Å². The summed E-state index contributed by atoms with van der Waals surface area (Å²) in [5.74, 6) is -4.90. The van der Waals surface area contributed by atoms with Crippen LogP contribution in [0.1, 0.15) is 42.6 Å². The van der Waals surface area contributed by atoms with Gasteiger partial charge in [0.25, 0.3) is 5.91 Å². The first-order valence-electron chi connectivity index (χ1n) is 10.5. The monoisotopic (exact) mass is 438 g/mol. The molecule has 2 saturated heterocycles. The van der Waals surface area contributed by atoms with Crippen LogP contribution in [0.3, 0.4) is 0 Å². The van der Waals surface area contributed by atoms with Gasteiger partial charge in [0.1, 0.15) is 5.69 Å². The average molecular weight is 438 g/mol. The molecule has 3 aliphatic heterocycles. The van der Waals surface area contributed by atoms with E-state index < -0.39 is 52.5 Å². The predicted octanol–water partition coefficient (Wildman–Crippen LogP) is 1.13. The molecule has 0 bridgehead atoms. The Balaban J connectivity index is 1.64. The van der Waals surface area contributed by atoms with Crippen LogP contribution in [-0.2, 0) is 16.1 Å². The summed E-state index contributed by atoms with van der Waals surface area (Å²) in [4.78, 5) is 38.0. The standard InChI is InChI=1S/C21H25F3N4O3/c1-10-5-25-6-11(2)28(10)20-17(22)13-8-27(21(31)16(13)18(23)19(20)24)12-3-4-14(26-7-12)15(30)9-29/h9-12,14,25-26H,3-8H2,1-2H3. The largest absolute Gasteiger partial charge is 0.359 e. The number of piperazine rings is 1. The zero-order chi connectivity index (χ0) is 22.4. The Morgan fingerprint density at radius 1 is 1.03 bits per heavy atom. The minimum absolute atomic E-state index is 0.136. The number of fused-ring (bicyclic) bond motifs is 1. The highest BCUT2D eigenvalue weighted by molar-refractivity contribution is 6.27. The molecule has 168 valence electrons. The zero-order valence-electron chi connectivity index (χ0n) is 17.4. The maximum absolute atomic E-state index is 15.5. The summed E-state index contributed by atoms with van der Waals surface area (Å²) in [6.07, 6.45) is 0.964. The van der Waals surface area contributed by atoms with Crippen LogP contribution < -0.4 is 15.5 Å². The molecule has 1 aromatic carbocycles. The molecule has 3 heterocycles. The maximum Gasteiger partial charge on any atom is 0.258 e. The quantitative estimate of drug-likeness (QED) is 0.417. The van der Waals surface area contributed by atoms with E-state index in [-0.39, 0.29) is 37.0 Å². The highest BCUT2D eigenvalue weighted by atomic mass is 19.2. The Hall–Kier alpha value is -2.46. The summed E-state index contributed by atoms with van der Waals surface area (Å²) >= 11 is 0. The number of nitrogens with zero attached hydrogens (tertiary/aromatic N) is 2. The van der Waals surface area contributed by atoms with Crippen LogP contribution in [0.4, 0.5) is 18.9 Å². The third kappa shape index (κ3) is 3.51. The lowest BCUT2D eigenvalue weighted by Gasteiger charge is -2.41. The van der Waals surface area contributed by atoms with Gasteiger partial charge in [-0.1, -0.05) is 0 Å². The lowest BCUT2D eigenvalue weighted by molar-refractivity contribution is -0.131. The molecule has 3 aliphatic rings. The third-order valence-electron chi connectivity index (χ3n) is 6.57. The van der Waals surface area contributed by atoms with E-state index in [0.29, 0.717) is 25.9 Å². The number of amides is 1. The second-order valence-electron chi connectivity index (χ2n) is 8.55. The van der Waals surface area contributed by atoms with Gasteiger partial charge in [0, 0.05) is 43.3 Å². The van der Waals surface area contributed by atoms with E-state index in [2.05, 4.69) is 10.6 Å². The van der Waals surface area contributed by atoms with E-state index in [1.807, 2.05) is 0 Å². The summed E-state index contributed by atoms with van der Waals surface area (Å²) in [5.41, 5.74) is -1.12. The molecule has 0 radical (unpaired) electrons. The van der Waals surface area contributed by atoms with Crippen molar-refractivity contribution in [2.24, 2.45) is 0 Å². The van der Waals surface area contributed by atoms with E-state index in [0.717, 1.165) is 0 Å². The van der Waals surface area contributed by atoms with Crippen molar-refractivity contribution >= 4 is 23.7 Å². The molecule has 4 rings (SSSR count). The lowest BCUT2D eigenvalue weighted by atomic mass is 9.97. The van der Waals surface area contributed by atoms with E-state index in [1.54, 1.807) is 13.8 Å². The molecular weight excluding hydrogens is 413 g/mol. The van der Waals surface area contributed by atoms with Crippen LogP contribution in [0.15, 0.2) is 0 Å². The summed E-state index contributed by atoms with van der Waals surface area (Å²) in [5, 5.41) is 6.08. The second kappa shape index (κ2) is 8.23. The van der Waals surface area contributed by atoms with Gasteiger partial charge in [-0.25, -0.2) is 13.2 Å². The van der Waals surface area contributed by atoms with Crippen molar-refractivity contribution in [1.82, 2.24) is 15.5 Å². The number of Topliss-reactive ketones (excluding diaryl/α,β-unsaturated/α-hetero) is 1. The number of anilines is 1. The van der Waals surface area contributed by atoms with Crippen LogP contribution in [0, 0.1) is 17.5 Å². The van der Waals surface area contributed by atoms with Crippen molar-refractivity contribution in [2.75, 3.05) is 24.5 Å². The number of rotatable bonds is 4. The predicted molar refractivity (Wildman–Crippen MR) is 106 cm³/mol. The van der Waals surface area contributed by atoms with Gasteiger partial charge in [-0.05, 0) is 26.7 Å². The average Bonchev–Trinajstić information content (AvgIpc) is 3.11. The van der Waals surface area contributed by atoms with Crippen LogP contribution in [0.5, 0.6) is 0 Å². The van der Waals surface area contributed by atoms with Crippen molar-refractivity contribution in [2.45, 2.75) is 57.4 Å². The molecule has 2 fully saturated rings. The summed E-state index contributed by atoms with van der Waals surface area (Å²) in [7, 11) is 0. The Morgan fingerprint density at radius 3 is 2.29 bits per heavy atom. The first kappa shape index (κ1) is 21.8. The molecule has 0 aliphatic carbocycles. The Kier molecular flexibility index (Phi) is 5.78. The third-order valence-corrected chi connectivity index (χ3v) is 6.57. The number of hydrogen-bond donors (Lipinski definition) is 2. The fourth-order valence-corrected chi connectivity index (χ4v) is 4.98. The van der Waals surface area contributed by atoms with E-state index >= 15 is 13.2 Å². The Labute approximate surface area is 177 Å². The lowest BCUT2D eigenvalue weighted by Crippen LogP contribution is -2.56. The van der Waals surface area contributed by atoms with Gasteiger partial charge in [-0.15, -0.1) is 0 Å². The van der Waals surface area contributed by atoms with Gasteiger partial charge < -0.3 is 20.4 Å². The van der Waals surface area contributed by atoms with Crippen molar-refractivity contribution in [3.63, 3.8) is 0 Å². The van der Waals surface area contributed by atoms with E-state index in [4.69, 9.17) is 0 Å². The number of piperidine rings is 1. The number of aldehydes is 1. The molecule has 1 amide bonds. The molecular formula is C21H25F3N4O3. The van der Waals surface area contributed by atoms with Crippen LogP contribution >= 0.6 is 0 Å². The number of ketones is 1. The molecule has 0 spiro atoms. The highest BCUT2D eigenvalue weighted by Crippen LogP contribution is 2.39. The maximum atomic E-state index is 15.5. The molecule has 4 unspecified atom stereocenters. The fourth-order valence-electron chi connectivity index (χ4n) is 4.98. The van der Waals surface area contributed by atoms with E-state index in [1.165, 1.54) is 9.80 Å². The van der Waals surface area contributed by atoms with Gasteiger partial charge in [-0.3, -0.25) is 14.4 Å². The van der Waals surface area contributed by atoms with Gasteiger partial charge in [-0.2, -0.15) is 0 Å². The smallest absolute Gasteiger partial charge is 0.258 e. The Bertz CT molecular complexity index is 923. The Morgan fingerprint density at radius 2 is 1.71 bits per heavy atom. The summed E-state index contributed by atoms with van der Waals surface area (Å²) in [6, 6.07) is -1.55. The number of halogens is 3. The van der Waals surface area contributed by atoms with Crippen LogP contribution in [0.2, 0.25) is 0 Å². The molecule has 31 heavy (non-hydrogen) atoms. The van der Waals surface area contributed by atoms with Gasteiger partial charge in [0.2, 0.25) is 5.78 Å². The number of nitrogens with one attached hydrogen (secondary N) is 2. The second-order valence-corrected chi connectivity index (χ2v) is 8.55. The van der Waals surface area contributed by atoms with Crippen molar-refractivity contribution in [3.05, 3.63) is 28.6 Å². The van der Waals surface area contributed by atoms with Gasteiger partial charge in [0.15, 0.2) is 23.7 Å². The van der Waals surface area contributed by atoms with Crippen molar-refractivity contribution in [3.8, 4) is 0 Å². The molecule has 7 nitrogen and oxygen atoms in total. The minimum Gasteiger partial charge on any atom is -0.359 e. The molecule has 4 atom stereocenters. The first-order valence-corrected chi connectivity index (χ1v) is 10.5. The van der Waals surface area contributed by atoms with Gasteiger partial charge >= 0.3 is 0 Å². The summed E-state index contributed by atoms with van der Waals surface area (Å²) < 4.78 is 45.6. The normalized spacial score (nSPS) is 28.6. The first-order chi connectivity index (χ1) is 14.8. The number of carbonyl (C=O) groups excluding carboxylic acids is 3. The summed E-state index contributed by atoms with van der Waals surface area (Å²) in [6.45, 7) is 4.64. The molecule has 0 aromatic heterocycles. The van der Waals surface area contributed by atoms with Crippen LogP contribution in [0.25, 0.3) is 0 Å².